The van der Waals surface area contributed by atoms with Gasteiger partial charge in [0, 0.05) is 46.1 Å². The van der Waals surface area contributed by atoms with Gasteiger partial charge in [-0.1, -0.05) is 0 Å². The highest BCUT2D eigenvalue weighted by molar-refractivity contribution is 8.13. The van der Waals surface area contributed by atoms with Crippen molar-refractivity contribution in [2.75, 3.05) is 36.9 Å². The van der Waals surface area contributed by atoms with Crippen molar-refractivity contribution in [3.05, 3.63) is 0 Å². The molecule has 1 saturated heterocycles. The summed E-state index contributed by atoms with van der Waals surface area (Å²) in [5, 5.41) is 0. The van der Waals surface area contributed by atoms with E-state index in [2.05, 4.69) is 4.90 Å². The first-order valence-electron chi connectivity index (χ1n) is 4.47. The minimum absolute atomic E-state index is 0.0220. The molecule has 0 bridgehead atoms. The van der Waals surface area contributed by atoms with Crippen molar-refractivity contribution in [1.82, 2.24) is 4.90 Å². The first-order chi connectivity index (χ1) is 6.47. The van der Waals surface area contributed by atoms with Gasteiger partial charge in [0.2, 0.25) is 9.05 Å². The van der Waals surface area contributed by atoms with Gasteiger partial charge in [-0.25, -0.2) is 8.42 Å². The Kier molecular flexibility index (Phi) is 4.82. The van der Waals surface area contributed by atoms with E-state index in [1.54, 1.807) is 0 Å². The van der Waals surface area contributed by atoms with E-state index < -0.39 is 19.9 Å². The summed E-state index contributed by atoms with van der Waals surface area (Å²) in [5.74, 6) is 1.43. The first kappa shape index (κ1) is 12.4. The zero-order valence-corrected chi connectivity index (χ0v) is 10.2. The van der Waals surface area contributed by atoms with Crippen LogP contribution in [0, 0.1) is 0 Å². The van der Waals surface area contributed by atoms with Crippen LogP contribution >= 0.6 is 10.7 Å². The molecule has 0 aliphatic carbocycles. The quantitative estimate of drug-likeness (QED) is 0.668. The van der Waals surface area contributed by atoms with Crippen LogP contribution in [0.3, 0.4) is 0 Å². The second-order valence-corrected chi connectivity index (χ2v) is 7.88. The van der Waals surface area contributed by atoms with Gasteiger partial charge >= 0.3 is 0 Å². The van der Waals surface area contributed by atoms with Gasteiger partial charge in [-0.05, 0) is 13.0 Å². The monoisotopic (exact) mass is 259 g/mol. The van der Waals surface area contributed by atoms with Gasteiger partial charge in [0.05, 0.1) is 5.75 Å². The number of hydrogen-bond acceptors (Lipinski definition) is 4. The molecule has 84 valence electrons. The van der Waals surface area contributed by atoms with E-state index in [0.29, 0.717) is 17.9 Å². The van der Waals surface area contributed by atoms with Gasteiger partial charge in [-0.2, -0.15) is 0 Å². The Balaban J connectivity index is 2.17. The lowest BCUT2D eigenvalue weighted by Gasteiger charge is -2.25. The van der Waals surface area contributed by atoms with E-state index in [0.717, 1.165) is 19.6 Å². The zero-order valence-electron chi connectivity index (χ0n) is 7.82. The molecule has 0 atom stereocenters. The van der Waals surface area contributed by atoms with Gasteiger partial charge in [-0.15, -0.1) is 0 Å². The highest BCUT2D eigenvalue weighted by Crippen LogP contribution is 2.04. The Hall–Kier alpha value is 0.350. The molecule has 0 amide bonds. The summed E-state index contributed by atoms with van der Waals surface area (Å²) in [4.78, 5) is 2.13. The Morgan fingerprint density at radius 3 is 2.36 bits per heavy atom. The fourth-order valence-corrected chi connectivity index (χ4v) is 3.29. The molecule has 0 N–H and O–H groups in total. The van der Waals surface area contributed by atoms with Crippen molar-refractivity contribution in [3.8, 4) is 0 Å². The SMILES string of the molecule is O=S1CCN(CCCS(=O)(=O)Cl)CC1. The molecule has 0 aromatic heterocycles. The molecular weight excluding hydrogens is 246 g/mol. The van der Waals surface area contributed by atoms with Crippen LogP contribution in [0.4, 0.5) is 0 Å². The van der Waals surface area contributed by atoms with Crippen LogP contribution in [-0.4, -0.2) is 54.4 Å². The van der Waals surface area contributed by atoms with Crippen LogP contribution < -0.4 is 0 Å². The normalized spacial score (nSPS) is 21.2. The second kappa shape index (κ2) is 5.44. The molecule has 4 nitrogen and oxygen atoms in total. The Morgan fingerprint density at radius 2 is 1.86 bits per heavy atom. The molecule has 0 aromatic carbocycles. The topological polar surface area (TPSA) is 54.5 Å². The molecule has 0 unspecified atom stereocenters. The molecule has 0 spiro atoms. The lowest BCUT2D eigenvalue weighted by Crippen LogP contribution is -2.38. The largest absolute Gasteiger partial charge is 0.301 e. The molecule has 1 fully saturated rings. The smallest absolute Gasteiger partial charge is 0.232 e. The van der Waals surface area contributed by atoms with Crippen LogP contribution in [0.1, 0.15) is 6.42 Å². The predicted molar refractivity (Wildman–Crippen MR) is 58.6 cm³/mol. The third-order valence-electron chi connectivity index (χ3n) is 2.13. The molecule has 0 radical (unpaired) electrons. The number of halogens is 1. The summed E-state index contributed by atoms with van der Waals surface area (Å²) in [7, 11) is 1.06. The summed E-state index contributed by atoms with van der Waals surface area (Å²) in [6, 6.07) is 0. The second-order valence-electron chi connectivity index (χ2n) is 3.29. The van der Waals surface area contributed by atoms with E-state index in [1.807, 2.05) is 0 Å². The lowest BCUT2D eigenvalue weighted by molar-refractivity contribution is 0.300. The van der Waals surface area contributed by atoms with Gasteiger partial charge < -0.3 is 4.90 Å². The fourth-order valence-electron chi connectivity index (χ4n) is 1.36. The highest BCUT2D eigenvalue weighted by atomic mass is 35.7. The minimum atomic E-state index is -3.35. The van der Waals surface area contributed by atoms with Gasteiger partial charge in [0.25, 0.3) is 0 Å². The van der Waals surface area contributed by atoms with Gasteiger partial charge in [-0.3, -0.25) is 4.21 Å². The maximum Gasteiger partial charge on any atom is 0.232 e. The van der Waals surface area contributed by atoms with Crippen molar-refractivity contribution in [2.45, 2.75) is 6.42 Å². The maximum atomic E-state index is 11.0. The number of nitrogens with zero attached hydrogens (tertiary/aromatic N) is 1. The molecular formula is C7H14ClNO3S2. The average Bonchev–Trinajstić information content (AvgIpc) is 2.06. The third-order valence-corrected chi connectivity index (χ3v) is 4.65. The molecule has 1 rings (SSSR count). The van der Waals surface area contributed by atoms with Gasteiger partial charge in [0.1, 0.15) is 0 Å². The van der Waals surface area contributed by atoms with Crippen molar-refractivity contribution in [1.29, 1.82) is 0 Å². The molecule has 14 heavy (non-hydrogen) atoms. The number of rotatable bonds is 4. The first-order valence-corrected chi connectivity index (χ1v) is 8.44. The summed E-state index contributed by atoms with van der Waals surface area (Å²) < 4.78 is 32.3. The molecule has 1 heterocycles. The minimum Gasteiger partial charge on any atom is -0.301 e. The van der Waals surface area contributed by atoms with E-state index in [1.165, 1.54) is 0 Å². The van der Waals surface area contributed by atoms with E-state index in [9.17, 15) is 12.6 Å². The lowest BCUT2D eigenvalue weighted by atomic mass is 10.4. The standard InChI is InChI=1S/C7H14ClNO3S2/c8-14(11,12)7-1-2-9-3-5-13(10)6-4-9/h1-7H2. The van der Waals surface area contributed by atoms with Crippen LogP contribution in [0.5, 0.6) is 0 Å². The highest BCUT2D eigenvalue weighted by Gasteiger charge is 2.15. The summed E-state index contributed by atoms with van der Waals surface area (Å²) in [6.45, 7) is 2.33. The third kappa shape index (κ3) is 5.29. The zero-order chi connectivity index (χ0) is 10.6. The van der Waals surface area contributed by atoms with E-state index >= 15 is 0 Å². The van der Waals surface area contributed by atoms with Crippen molar-refractivity contribution in [3.63, 3.8) is 0 Å². The predicted octanol–water partition coefficient (Wildman–Crippen LogP) is 0.00940. The van der Waals surface area contributed by atoms with E-state index in [-0.39, 0.29) is 5.75 Å². The van der Waals surface area contributed by atoms with Gasteiger partial charge in [0.15, 0.2) is 0 Å². The Labute approximate surface area is 91.5 Å². The summed E-state index contributed by atoms with van der Waals surface area (Å²) in [5.41, 5.74) is 0. The Morgan fingerprint density at radius 1 is 1.29 bits per heavy atom. The molecule has 0 saturated carbocycles. The van der Waals surface area contributed by atoms with Crippen molar-refractivity contribution < 1.29 is 12.6 Å². The molecule has 7 heteroatoms. The van der Waals surface area contributed by atoms with E-state index in [4.69, 9.17) is 10.7 Å². The van der Waals surface area contributed by atoms with Crippen LogP contribution in [0.25, 0.3) is 0 Å². The molecule has 0 aromatic rings. The number of hydrogen-bond donors (Lipinski definition) is 0. The van der Waals surface area contributed by atoms with Crippen molar-refractivity contribution >= 4 is 30.5 Å². The maximum absolute atomic E-state index is 11.0. The Bertz CT molecular complexity index is 294. The van der Waals surface area contributed by atoms with Crippen LogP contribution in [-0.2, 0) is 19.9 Å². The summed E-state index contributed by atoms with van der Waals surface area (Å²) in [6.07, 6.45) is 0.554. The molecule has 1 aliphatic heterocycles. The van der Waals surface area contributed by atoms with Crippen LogP contribution in [0.2, 0.25) is 0 Å². The average molecular weight is 260 g/mol. The molecule has 1 aliphatic rings. The van der Waals surface area contributed by atoms with Crippen LogP contribution in [0.15, 0.2) is 0 Å². The fraction of sp³-hybridized carbons (Fsp3) is 1.00. The van der Waals surface area contributed by atoms with Crippen molar-refractivity contribution in [2.24, 2.45) is 0 Å². The summed E-state index contributed by atoms with van der Waals surface area (Å²) >= 11 is 0.